The van der Waals surface area contributed by atoms with Crippen molar-refractivity contribution in [2.45, 2.75) is 29.4 Å². The molecule has 1 aromatic carbocycles. The quantitative estimate of drug-likeness (QED) is 0.883. The van der Waals surface area contributed by atoms with Crippen molar-refractivity contribution in [2.75, 3.05) is 11.5 Å². The van der Waals surface area contributed by atoms with Crippen LogP contribution in [0.15, 0.2) is 24.3 Å². The first-order valence-corrected chi connectivity index (χ1v) is 9.63. The number of hydrogen-bond acceptors (Lipinski definition) is 3. The van der Waals surface area contributed by atoms with Gasteiger partial charge in [-0.1, -0.05) is 0 Å². The van der Waals surface area contributed by atoms with E-state index in [1.54, 1.807) is 12.1 Å². The summed E-state index contributed by atoms with van der Waals surface area (Å²) in [7, 11) is 0. The van der Waals surface area contributed by atoms with Crippen molar-refractivity contribution in [2.24, 2.45) is 0 Å². The van der Waals surface area contributed by atoms with Crippen molar-refractivity contribution in [1.82, 2.24) is 10.3 Å². The Morgan fingerprint density at radius 2 is 2.09 bits per heavy atom. The number of rotatable bonds is 2. The van der Waals surface area contributed by atoms with Gasteiger partial charge in [0.25, 0.3) is 5.91 Å². The van der Waals surface area contributed by atoms with Crippen molar-refractivity contribution < 1.29 is 9.18 Å². The first-order valence-electron chi connectivity index (χ1n) is 7.53. The number of hydrogen-bond donors (Lipinski definition) is 2. The third-order valence-electron chi connectivity index (χ3n) is 4.39. The number of nitrogens with one attached hydrogen (secondary N) is 2. The molecule has 0 bridgehead atoms. The Kier molecular flexibility index (Phi) is 3.82. The summed E-state index contributed by atoms with van der Waals surface area (Å²) >= 11 is 4.03. The maximum atomic E-state index is 13.2. The second-order valence-corrected chi connectivity index (χ2v) is 8.45. The molecule has 1 aromatic heterocycles. The molecule has 2 aliphatic rings. The molecule has 1 aliphatic carbocycles. The van der Waals surface area contributed by atoms with Crippen LogP contribution in [0, 0.1) is 5.82 Å². The Bertz CT molecular complexity index is 717. The van der Waals surface area contributed by atoms with Crippen molar-refractivity contribution in [3.63, 3.8) is 0 Å². The summed E-state index contributed by atoms with van der Waals surface area (Å²) in [5, 5.41) is 5.12. The Hall–Kier alpha value is -1.14. The number of thioether (sulfide) groups is 2. The predicted octanol–water partition coefficient (Wildman–Crippen LogP) is 3.42. The number of H-pyrrole nitrogens is 1. The highest BCUT2D eigenvalue weighted by Crippen LogP contribution is 2.42. The van der Waals surface area contributed by atoms with Gasteiger partial charge in [0.05, 0.1) is 0 Å². The third kappa shape index (κ3) is 2.63. The van der Waals surface area contributed by atoms with Gasteiger partial charge in [-0.05, 0) is 37.1 Å². The van der Waals surface area contributed by atoms with Gasteiger partial charge in [-0.2, -0.15) is 23.5 Å². The summed E-state index contributed by atoms with van der Waals surface area (Å²) in [6.07, 6.45) is 2.24. The van der Waals surface area contributed by atoms with Gasteiger partial charge in [0, 0.05) is 39.0 Å². The topological polar surface area (TPSA) is 44.9 Å². The molecule has 1 saturated carbocycles. The third-order valence-corrected chi connectivity index (χ3v) is 7.70. The highest BCUT2D eigenvalue weighted by atomic mass is 32.2. The number of carbonyl (C=O) groups is 1. The molecule has 3 atom stereocenters. The summed E-state index contributed by atoms with van der Waals surface area (Å²) in [5.74, 6) is 2.02. The Balaban J connectivity index is 1.51. The summed E-state index contributed by atoms with van der Waals surface area (Å²) in [5.41, 5.74) is 1.30. The van der Waals surface area contributed by atoms with Crippen LogP contribution >= 0.6 is 23.5 Å². The minimum Gasteiger partial charge on any atom is -0.351 e. The van der Waals surface area contributed by atoms with E-state index in [9.17, 15) is 9.18 Å². The fourth-order valence-electron chi connectivity index (χ4n) is 3.34. The number of fused-ring (bicyclic) bond motifs is 2. The fourth-order valence-corrected chi connectivity index (χ4v) is 6.63. The lowest BCUT2D eigenvalue weighted by molar-refractivity contribution is 0.0934. The van der Waals surface area contributed by atoms with Gasteiger partial charge in [0.15, 0.2) is 0 Å². The predicted molar refractivity (Wildman–Crippen MR) is 91.2 cm³/mol. The van der Waals surface area contributed by atoms with E-state index in [-0.39, 0.29) is 17.8 Å². The van der Waals surface area contributed by atoms with Crippen molar-refractivity contribution >= 4 is 40.3 Å². The van der Waals surface area contributed by atoms with Crippen LogP contribution in [0.3, 0.4) is 0 Å². The lowest BCUT2D eigenvalue weighted by atomic mass is 10.2. The zero-order valence-corrected chi connectivity index (χ0v) is 13.6. The first-order chi connectivity index (χ1) is 10.7. The van der Waals surface area contributed by atoms with Crippen LogP contribution in [-0.4, -0.2) is 38.9 Å². The van der Waals surface area contributed by atoms with E-state index in [2.05, 4.69) is 10.3 Å². The van der Waals surface area contributed by atoms with E-state index < -0.39 is 0 Å². The lowest BCUT2D eigenvalue weighted by Crippen LogP contribution is -2.42. The summed E-state index contributed by atoms with van der Waals surface area (Å²) in [4.78, 5) is 15.6. The van der Waals surface area contributed by atoms with Gasteiger partial charge in [0.2, 0.25) is 0 Å². The van der Waals surface area contributed by atoms with E-state index in [1.807, 2.05) is 23.5 Å². The number of aromatic amines is 1. The molecule has 1 amide bonds. The van der Waals surface area contributed by atoms with Crippen LogP contribution in [0.4, 0.5) is 4.39 Å². The van der Waals surface area contributed by atoms with Gasteiger partial charge < -0.3 is 10.3 Å². The summed E-state index contributed by atoms with van der Waals surface area (Å²) in [6.45, 7) is 0. The maximum absolute atomic E-state index is 13.2. The van der Waals surface area contributed by atoms with Crippen LogP contribution < -0.4 is 5.32 Å². The fraction of sp³-hybridized carbons (Fsp3) is 0.438. The lowest BCUT2D eigenvalue weighted by Gasteiger charge is -2.28. The molecule has 1 aliphatic heterocycles. The van der Waals surface area contributed by atoms with Crippen molar-refractivity contribution in [1.29, 1.82) is 0 Å². The molecular formula is C16H17FN2OS2. The number of amides is 1. The average molecular weight is 336 g/mol. The molecule has 3 unspecified atom stereocenters. The SMILES string of the molecule is O=C(NC1CCC2SCCSC12)c1cc2cc(F)ccc2[nH]1. The number of benzene rings is 1. The molecular weight excluding hydrogens is 319 g/mol. The molecule has 2 aromatic rings. The van der Waals surface area contributed by atoms with Gasteiger partial charge in [0.1, 0.15) is 11.5 Å². The minimum atomic E-state index is -0.285. The largest absolute Gasteiger partial charge is 0.351 e. The van der Waals surface area contributed by atoms with Crippen LogP contribution in [0.1, 0.15) is 23.3 Å². The molecule has 2 N–H and O–H groups in total. The second kappa shape index (κ2) is 5.81. The summed E-state index contributed by atoms with van der Waals surface area (Å²) in [6, 6.07) is 6.49. The monoisotopic (exact) mass is 336 g/mol. The van der Waals surface area contributed by atoms with E-state index in [4.69, 9.17) is 0 Å². The standard InChI is InChI=1S/C16H17FN2OS2/c17-10-1-2-11-9(7-10)8-13(18-11)16(20)19-12-3-4-14-15(12)22-6-5-21-14/h1-2,7-8,12,14-15,18H,3-6H2,(H,19,20). The van der Waals surface area contributed by atoms with Gasteiger partial charge in [-0.3, -0.25) is 4.79 Å². The Labute approximate surface area is 136 Å². The highest BCUT2D eigenvalue weighted by molar-refractivity contribution is 8.07. The number of carbonyl (C=O) groups excluding carboxylic acids is 1. The van der Waals surface area contributed by atoms with Gasteiger partial charge >= 0.3 is 0 Å². The Morgan fingerprint density at radius 3 is 3.00 bits per heavy atom. The van der Waals surface area contributed by atoms with Gasteiger partial charge in [-0.25, -0.2) is 4.39 Å². The minimum absolute atomic E-state index is 0.0848. The van der Waals surface area contributed by atoms with Crippen LogP contribution in [0.2, 0.25) is 0 Å². The molecule has 116 valence electrons. The zero-order chi connectivity index (χ0) is 15.1. The molecule has 4 rings (SSSR count). The maximum Gasteiger partial charge on any atom is 0.267 e. The van der Waals surface area contributed by atoms with Crippen LogP contribution in [-0.2, 0) is 0 Å². The number of aromatic nitrogens is 1. The second-order valence-electron chi connectivity index (χ2n) is 5.82. The highest BCUT2D eigenvalue weighted by Gasteiger charge is 2.39. The molecule has 0 radical (unpaired) electrons. The number of halogens is 1. The van der Waals surface area contributed by atoms with Gasteiger partial charge in [-0.15, -0.1) is 0 Å². The molecule has 2 fully saturated rings. The van der Waals surface area contributed by atoms with Crippen LogP contribution in [0.5, 0.6) is 0 Å². The van der Waals surface area contributed by atoms with Crippen LogP contribution in [0.25, 0.3) is 10.9 Å². The molecule has 6 heteroatoms. The molecule has 0 spiro atoms. The zero-order valence-electron chi connectivity index (χ0n) is 12.0. The summed E-state index contributed by atoms with van der Waals surface area (Å²) < 4.78 is 13.2. The molecule has 2 heterocycles. The smallest absolute Gasteiger partial charge is 0.267 e. The van der Waals surface area contributed by atoms with Crippen molar-refractivity contribution in [3.8, 4) is 0 Å². The Morgan fingerprint density at radius 1 is 1.23 bits per heavy atom. The normalized spacial score (nSPS) is 27.8. The van der Waals surface area contributed by atoms with E-state index in [1.165, 1.54) is 30.1 Å². The van der Waals surface area contributed by atoms with E-state index in [0.717, 1.165) is 17.3 Å². The average Bonchev–Trinajstić information content (AvgIpc) is 3.11. The molecule has 3 nitrogen and oxygen atoms in total. The molecule has 22 heavy (non-hydrogen) atoms. The molecule has 1 saturated heterocycles. The van der Waals surface area contributed by atoms with E-state index in [0.29, 0.717) is 16.2 Å². The van der Waals surface area contributed by atoms with Crippen molar-refractivity contribution in [3.05, 3.63) is 35.8 Å². The van der Waals surface area contributed by atoms with E-state index >= 15 is 0 Å². The first kappa shape index (κ1) is 14.5.